The number of carbonyl (C=O) groups excluding carboxylic acids is 1. The van der Waals surface area contributed by atoms with E-state index in [2.05, 4.69) is 29.3 Å². The van der Waals surface area contributed by atoms with E-state index >= 15 is 0 Å². The van der Waals surface area contributed by atoms with E-state index in [1.807, 2.05) is 80.7 Å². The maximum absolute atomic E-state index is 13.0. The highest BCUT2D eigenvalue weighted by atomic mass is 16.5. The molecule has 0 N–H and O–H groups in total. The zero-order valence-corrected chi connectivity index (χ0v) is 17.7. The quantitative estimate of drug-likeness (QED) is 0.389. The van der Waals surface area contributed by atoms with Crippen molar-refractivity contribution in [2.75, 3.05) is 0 Å². The summed E-state index contributed by atoms with van der Waals surface area (Å²) < 4.78 is 5.69. The van der Waals surface area contributed by atoms with Crippen molar-refractivity contribution in [3.05, 3.63) is 108 Å². The summed E-state index contributed by atoms with van der Waals surface area (Å²) in [5.74, 6) is -0.179. The second-order valence-electron chi connectivity index (χ2n) is 8.01. The minimum atomic E-state index is -0.668. The maximum atomic E-state index is 13.0. The third kappa shape index (κ3) is 5.90. The van der Waals surface area contributed by atoms with E-state index in [-0.39, 0.29) is 18.5 Å². The molecule has 3 nitrogen and oxygen atoms in total. The molecule has 1 aromatic heterocycles. The van der Waals surface area contributed by atoms with Gasteiger partial charge in [0.1, 0.15) is 6.61 Å². The first kappa shape index (κ1) is 21.5. The molecule has 3 aromatic rings. The van der Waals surface area contributed by atoms with Gasteiger partial charge in [0.05, 0.1) is 5.41 Å². The predicted octanol–water partition coefficient (Wildman–Crippen LogP) is 6.43. The first-order valence-electron chi connectivity index (χ1n) is 10.4. The molecule has 0 saturated carbocycles. The summed E-state index contributed by atoms with van der Waals surface area (Å²) >= 11 is 0. The summed E-state index contributed by atoms with van der Waals surface area (Å²) in [5, 5.41) is 0. The van der Waals surface area contributed by atoms with Gasteiger partial charge in [-0.3, -0.25) is 9.78 Å². The summed E-state index contributed by atoms with van der Waals surface area (Å²) in [6.45, 7) is 4.23. The molecule has 154 valence electrons. The zero-order chi connectivity index (χ0) is 21.2. The van der Waals surface area contributed by atoms with Crippen molar-refractivity contribution in [3.63, 3.8) is 0 Å². The third-order valence-electron chi connectivity index (χ3n) is 5.43. The predicted molar refractivity (Wildman–Crippen MR) is 122 cm³/mol. The molecule has 1 atom stereocenters. The second-order valence-corrected chi connectivity index (χ2v) is 8.01. The molecule has 2 aromatic carbocycles. The minimum absolute atomic E-state index is 0.00916. The number of hydrogen-bond acceptors (Lipinski definition) is 3. The zero-order valence-electron chi connectivity index (χ0n) is 17.7. The van der Waals surface area contributed by atoms with Crippen LogP contribution in [0.15, 0.2) is 91.3 Å². The Labute approximate surface area is 179 Å². The van der Waals surface area contributed by atoms with Gasteiger partial charge in [0.15, 0.2) is 0 Å². The molecule has 0 saturated heterocycles. The molecule has 1 unspecified atom stereocenters. The Morgan fingerprint density at radius 2 is 1.70 bits per heavy atom. The Morgan fingerprint density at radius 1 is 1.00 bits per heavy atom. The number of nitrogens with zero attached hydrogens (tertiary/aromatic N) is 1. The topological polar surface area (TPSA) is 39.2 Å². The average Bonchev–Trinajstić information content (AvgIpc) is 2.79. The Hall–Kier alpha value is -3.20. The molecule has 0 bridgehead atoms. The summed E-state index contributed by atoms with van der Waals surface area (Å²) in [4.78, 5) is 17.3. The fourth-order valence-electron chi connectivity index (χ4n) is 3.62. The highest BCUT2D eigenvalue weighted by Crippen LogP contribution is 2.40. The Kier molecular flexibility index (Phi) is 7.56. The number of ether oxygens (including phenoxy) is 1. The van der Waals surface area contributed by atoms with Crippen LogP contribution in [-0.4, -0.2) is 11.0 Å². The third-order valence-corrected chi connectivity index (χ3v) is 5.43. The SMILES string of the molecule is CC(C)(C(=O)OCc1ccccc1)C(CCC=Cc1ccccc1)c1cccnc1. The first-order chi connectivity index (χ1) is 14.6. The van der Waals surface area contributed by atoms with Crippen molar-refractivity contribution in [3.8, 4) is 0 Å². The van der Waals surface area contributed by atoms with E-state index in [4.69, 9.17) is 4.74 Å². The molecule has 3 rings (SSSR count). The summed E-state index contributed by atoms with van der Waals surface area (Å²) in [6, 6.07) is 24.0. The van der Waals surface area contributed by atoms with E-state index in [1.54, 1.807) is 6.20 Å². The highest BCUT2D eigenvalue weighted by molar-refractivity contribution is 5.77. The number of pyridine rings is 1. The van der Waals surface area contributed by atoms with Crippen LogP contribution < -0.4 is 0 Å². The van der Waals surface area contributed by atoms with Crippen LogP contribution in [0.4, 0.5) is 0 Å². The van der Waals surface area contributed by atoms with Gasteiger partial charge in [-0.25, -0.2) is 0 Å². The second kappa shape index (κ2) is 10.5. The van der Waals surface area contributed by atoms with Crippen molar-refractivity contribution in [2.45, 2.75) is 39.2 Å². The lowest BCUT2D eigenvalue weighted by Crippen LogP contribution is -2.33. The standard InChI is InChI=1S/C27H29NO2/c1-27(2,26(29)30-21-23-15-7-4-8-16-23)25(24-17-11-19-28-20-24)18-10-9-14-22-12-5-3-6-13-22/h3-9,11-17,19-20,25H,10,18,21H2,1-2H3. The molecule has 0 aliphatic heterocycles. The Balaban J connectivity index is 1.70. The molecule has 0 aliphatic carbocycles. The number of rotatable bonds is 9. The van der Waals surface area contributed by atoms with Gasteiger partial charge in [-0.05, 0) is 49.4 Å². The van der Waals surface area contributed by atoms with E-state index in [1.165, 1.54) is 5.56 Å². The van der Waals surface area contributed by atoms with Gasteiger partial charge in [0.25, 0.3) is 0 Å². The van der Waals surface area contributed by atoms with Crippen LogP contribution in [0.1, 0.15) is 49.3 Å². The fourth-order valence-corrected chi connectivity index (χ4v) is 3.62. The maximum Gasteiger partial charge on any atom is 0.312 e. The molecular weight excluding hydrogens is 370 g/mol. The number of aromatic nitrogens is 1. The monoisotopic (exact) mass is 399 g/mol. The molecule has 0 radical (unpaired) electrons. The molecule has 0 spiro atoms. The molecule has 0 aliphatic rings. The smallest absolute Gasteiger partial charge is 0.312 e. The lowest BCUT2D eigenvalue weighted by Gasteiger charge is -2.32. The van der Waals surface area contributed by atoms with Gasteiger partial charge < -0.3 is 4.74 Å². The van der Waals surface area contributed by atoms with Crippen LogP contribution >= 0.6 is 0 Å². The van der Waals surface area contributed by atoms with Crippen LogP contribution in [0.25, 0.3) is 6.08 Å². The van der Waals surface area contributed by atoms with Crippen LogP contribution in [-0.2, 0) is 16.1 Å². The van der Waals surface area contributed by atoms with Crippen molar-refractivity contribution in [1.29, 1.82) is 0 Å². The average molecular weight is 400 g/mol. The van der Waals surface area contributed by atoms with Gasteiger partial charge in [-0.2, -0.15) is 0 Å². The number of carbonyl (C=O) groups is 1. The summed E-state index contributed by atoms with van der Waals surface area (Å²) in [5.41, 5.74) is 2.56. The van der Waals surface area contributed by atoms with E-state index in [0.29, 0.717) is 0 Å². The molecular formula is C27H29NO2. The summed E-state index contributed by atoms with van der Waals surface area (Å²) in [7, 11) is 0. The molecule has 0 amide bonds. The lowest BCUT2D eigenvalue weighted by molar-refractivity contribution is -0.156. The van der Waals surface area contributed by atoms with Crippen molar-refractivity contribution in [1.82, 2.24) is 4.98 Å². The van der Waals surface area contributed by atoms with E-state index in [9.17, 15) is 4.79 Å². The van der Waals surface area contributed by atoms with Crippen molar-refractivity contribution >= 4 is 12.0 Å². The van der Waals surface area contributed by atoms with Crippen LogP contribution in [0, 0.1) is 5.41 Å². The summed E-state index contributed by atoms with van der Waals surface area (Å²) in [6.07, 6.45) is 9.62. The van der Waals surface area contributed by atoms with Gasteiger partial charge in [0.2, 0.25) is 0 Å². The van der Waals surface area contributed by atoms with Gasteiger partial charge in [0, 0.05) is 18.3 Å². The lowest BCUT2D eigenvalue weighted by atomic mass is 9.73. The number of allylic oxidation sites excluding steroid dienone is 1. The van der Waals surface area contributed by atoms with Gasteiger partial charge >= 0.3 is 5.97 Å². The Morgan fingerprint density at radius 3 is 2.37 bits per heavy atom. The normalized spacial score (nSPS) is 12.6. The minimum Gasteiger partial charge on any atom is -0.460 e. The van der Waals surface area contributed by atoms with Gasteiger partial charge in [-0.15, -0.1) is 0 Å². The first-order valence-corrected chi connectivity index (χ1v) is 10.4. The molecule has 30 heavy (non-hydrogen) atoms. The van der Waals surface area contributed by atoms with E-state index in [0.717, 1.165) is 24.0 Å². The van der Waals surface area contributed by atoms with Crippen LogP contribution in [0.2, 0.25) is 0 Å². The van der Waals surface area contributed by atoms with E-state index < -0.39 is 5.41 Å². The van der Waals surface area contributed by atoms with Crippen molar-refractivity contribution < 1.29 is 9.53 Å². The van der Waals surface area contributed by atoms with Gasteiger partial charge in [-0.1, -0.05) is 78.9 Å². The number of hydrogen-bond donors (Lipinski definition) is 0. The number of benzene rings is 2. The van der Waals surface area contributed by atoms with Crippen LogP contribution in [0.3, 0.4) is 0 Å². The largest absolute Gasteiger partial charge is 0.460 e. The Bertz CT molecular complexity index is 934. The number of esters is 1. The molecule has 1 heterocycles. The van der Waals surface area contributed by atoms with Crippen LogP contribution in [0.5, 0.6) is 0 Å². The molecule has 3 heteroatoms. The fraction of sp³-hybridized carbons (Fsp3) is 0.259. The van der Waals surface area contributed by atoms with Crippen molar-refractivity contribution in [2.24, 2.45) is 5.41 Å². The molecule has 0 fully saturated rings. The highest BCUT2D eigenvalue weighted by Gasteiger charge is 2.38.